The molecule has 1 aromatic carbocycles. The molecule has 1 N–H and O–H groups in total. The standard InChI is InChI=1S/C15H17FN2O4/c1-18-13(4-6-17-18)12-10-11(16)2-3-14(12)22-9-8-21-7-5-15(19)20/h2-4,6,10H,5,7-9H2,1H3,(H,19,20). The summed E-state index contributed by atoms with van der Waals surface area (Å²) in [7, 11) is 1.76. The van der Waals surface area contributed by atoms with Crippen molar-refractivity contribution in [2.75, 3.05) is 19.8 Å². The summed E-state index contributed by atoms with van der Waals surface area (Å²) >= 11 is 0. The molecule has 0 spiro atoms. The van der Waals surface area contributed by atoms with Crippen LogP contribution in [0.5, 0.6) is 5.75 Å². The molecule has 0 saturated heterocycles. The molecule has 22 heavy (non-hydrogen) atoms. The summed E-state index contributed by atoms with van der Waals surface area (Å²) in [5.41, 5.74) is 1.34. The molecule has 0 saturated carbocycles. The number of rotatable bonds is 8. The molecule has 0 amide bonds. The zero-order valence-corrected chi connectivity index (χ0v) is 12.2. The van der Waals surface area contributed by atoms with Gasteiger partial charge in [-0.3, -0.25) is 9.48 Å². The molecule has 2 aromatic rings. The molecular weight excluding hydrogens is 291 g/mol. The van der Waals surface area contributed by atoms with Crippen molar-refractivity contribution in [1.29, 1.82) is 0 Å². The topological polar surface area (TPSA) is 73.6 Å². The molecule has 0 aliphatic heterocycles. The first kappa shape index (κ1) is 16.0. The highest BCUT2D eigenvalue weighted by molar-refractivity contribution is 5.67. The van der Waals surface area contributed by atoms with E-state index in [1.165, 1.54) is 12.1 Å². The summed E-state index contributed by atoms with van der Waals surface area (Å²) < 4.78 is 25.8. The Balaban J connectivity index is 1.97. The number of benzene rings is 1. The lowest BCUT2D eigenvalue weighted by Crippen LogP contribution is -2.10. The van der Waals surface area contributed by atoms with Crippen LogP contribution in [0.1, 0.15) is 6.42 Å². The second-order valence-electron chi connectivity index (χ2n) is 4.59. The van der Waals surface area contributed by atoms with Gasteiger partial charge in [0.05, 0.1) is 25.3 Å². The van der Waals surface area contributed by atoms with Crippen LogP contribution in [0, 0.1) is 5.82 Å². The van der Waals surface area contributed by atoms with E-state index in [2.05, 4.69) is 5.10 Å². The number of halogens is 1. The Morgan fingerprint density at radius 2 is 2.14 bits per heavy atom. The van der Waals surface area contributed by atoms with Crippen molar-refractivity contribution in [2.45, 2.75) is 6.42 Å². The third-order valence-electron chi connectivity index (χ3n) is 2.98. The van der Waals surface area contributed by atoms with E-state index in [1.807, 2.05) is 0 Å². The van der Waals surface area contributed by atoms with Gasteiger partial charge in [-0.1, -0.05) is 0 Å². The number of carbonyl (C=O) groups is 1. The monoisotopic (exact) mass is 308 g/mol. The largest absolute Gasteiger partial charge is 0.490 e. The Labute approximate surface area is 127 Å². The van der Waals surface area contributed by atoms with Gasteiger partial charge >= 0.3 is 5.97 Å². The van der Waals surface area contributed by atoms with Crippen molar-refractivity contribution in [1.82, 2.24) is 9.78 Å². The average molecular weight is 308 g/mol. The summed E-state index contributed by atoms with van der Waals surface area (Å²) in [4.78, 5) is 10.3. The first-order valence-electron chi connectivity index (χ1n) is 6.78. The lowest BCUT2D eigenvalue weighted by molar-refractivity contribution is -0.138. The van der Waals surface area contributed by atoms with Gasteiger partial charge in [-0.15, -0.1) is 0 Å². The molecule has 0 bridgehead atoms. The second-order valence-corrected chi connectivity index (χ2v) is 4.59. The number of nitrogens with zero attached hydrogens (tertiary/aromatic N) is 2. The normalized spacial score (nSPS) is 10.6. The summed E-state index contributed by atoms with van der Waals surface area (Å²) in [6.07, 6.45) is 1.58. The highest BCUT2D eigenvalue weighted by Gasteiger charge is 2.11. The SMILES string of the molecule is Cn1nccc1-c1cc(F)ccc1OCCOCCC(=O)O. The molecule has 0 atom stereocenters. The number of hydrogen-bond acceptors (Lipinski definition) is 4. The minimum absolute atomic E-state index is 0.0448. The van der Waals surface area contributed by atoms with E-state index in [9.17, 15) is 9.18 Å². The lowest BCUT2D eigenvalue weighted by atomic mass is 10.1. The Morgan fingerprint density at radius 3 is 2.82 bits per heavy atom. The average Bonchev–Trinajstić information content (AvgIpc) is 2.89. The highest BCUT2D eigenvalue weighted by atomic mass is 19.1. The van der Waals surface area contributed by atoms with E-state index >= 15 is 0 Å². The zero-order chi connectivity index (χ0) is 15.9. The number of carboxylic acids is 1. The number of aryl methyl sites for hydroxylation is 1. The van der Waals surface area contributed by atoms with Crippen LogP contribution >= 0.6 is 0 Å². The minimum Gasteiger partial charge on any atom is -0.490 e. The van der Waals surface area contributed by atoms with Crippen LogP contribution in [0.15, 0.2) is 30.5 Å². The third kappa shape index (κ3) is 4.29. The molecule has 0 fully saturated rings. The highest BCUT2D eigenvalue weighted by Crippen LogP contribution is 2.30. The van der Waals surface area contributed by atoms with Gasteiger partial charge < -0.3 is 14.6 Å². The van der Waals surface area contributed by atoms with E-state index < -0.39 is 5.97 Å². The van der Waals surface area contributed by atoms with Gasteiger partial charge in [-0.2, -0.15) is 5.10 Å². The van der Waals surface area contributed by atoms with Crippen LogP contribution in [-0.4, -0.2) is 40.7 Å². The molecule has 118 valence electrons. The fourth-order valence-corrected chi connectivity index (χ4v) is 1.94. The lowest BCUT2D eigenvalue weighted by Gasteiger charge is -2.12. The Morgan fingerprint density at radius 1 is 1.32 bits per heavy atom. The number of aliphatic carboxylic acids is 1. The van der Waals surface area contributed by atoms with Crippen molar-refractivity contribution in [2.24, 2.45) is 7.05 Å². The maximum absolute atomic E-state index is 13.5. The van der Waals surface area contributed by atoms with E-state index in [1.54, 1.807) is 30.1 Å². The molecular formula is C15H17FN2O4. The first-order chi connectivity index (χ1) is 10.6. The Bertz CT molecular complexity index is 642. The van der Waals surface area contributed by atoms with Gasteiger partial charge in [0.25, 0.3) is 0 Å². The fourth-order valence-electron chi connectivity index (χ4n) is 1.94. The van der Waals surface area contributed by atoms with E-state index in [0.717, 1.165) is 5.69 Å². The van der Waals surface area contributed by atoms with Crippen LogP contribution in [-0.2, 0) is 16.6 Å². The van der Waals surface area contributed by atoms with Crippen LogP contribution < -0.4 is 4.74 Å². The molecule has 6 nitrogen and oxygen atoms in total. The molecule has 1 heterocycles. The summed E-state index contributed by atoms with van der Waals surface area (Å²) in [6, 6.07) is 6.03. The first-order valence-corrected chi connectivity index (χ1v) is 6.78. The molecule has 0 unspecified atom stereocenters. The Kier molecular flexibility index (Phi) is 5.48. The maximum Gasteiger partial charge on any atom is 0.305 e. The van der Waals surface area contributed by atoms with Gasteiger partial charge in [0, 0.05) is 18.8 Å². The van der Waals surface area contributed by atoms with Gasteiger partial charge in [0.2, 0.25) is 0 Å². The molecule has 1 aromatic heterocycles. The van der Waals surface area contributed by atoms with Crippen LogP contribution in [0.2, 0.25) is 0 Å². The van der Waals surface area contributed by atoms with Crippen LogP contribution in [0.4, 0.5) is 4.39 Å². The van der Waals surface area contributed by atoms with E-state index in [0.29, 0.717) is 11.3 Å². The van der Waals surface area contributed by atoms with Gasteiger partial charge in [-0.25, -0.2) is 4.39 Å². The van der Waals surface area contributed by atoms with Gasteiger partial charge in [0.1, 0.15) is 18.2 Å². The molecule has 0 radical (unpaired) electrons. The molecule has 2 rings (SSSR count). The number of ether oxygens (including phenoxy) is 2. The van der Waals surface area contributed by atoms with Crippen molar-refractivity contribution in [3.63, 3.8) is 0 Å². The van der Waals surface area contributed by atoms with Crippen molar-refractivity contribution in [3.8, 4) is 17.0 Å². The number of hydrogen-bond donors (Lipinski definition) is 1. The van der Waals surface area contributed by atoms with Crippen molar-refractivity contribution in [3.05, 3.63) is 36.3 Å². The van der Waals surface area contributed by atoms with Gasteiger partial charge in [-0.05, 0) is 24.3 Å². The van der Waals surface area contributed by atoms with Crippen molar-refractivity contribution < 1.29 is 23.8 Å². The summed E-state index contributed by atoms with van der Waals surface area (Å²) in [5, 5.41) is 12.5. The Hall–Kier alpha value is -2.41. The number of carboxylic acid groups (broad SMARTS) is 1. The van der Waals surface area contributed by atoms with Crippen LogP contribution in [0.3, 0.4) is 0 Å². The summed E-state index contributed by atoms with van der Waals surface area (Å²) in [5.74, 6) is -0.744. The van der Waals surface area contributed by atoms with Gasteiger partial charge in [0.15, 0.2) is 0 Å². The maximum atomic E-state index is 13.5. The smallest absolute Gasteiger partial charge is 0.305 e. The second kappa shape index (κ2) is 7.56. The summed E-state index contributed by atoms with van der Waals surface area (Å²) in [6.45, 7) is 0.641. The zero-order valence-electron chi connectivity index (χ0n) is 12.2. The van der Waals surface area contributed by atoms with Crippen molar-refractivity contribution >= 4 is 5.97 Å². The third-order valence-corrected chi connectivity index (χ3v) is 2.98. The predicted octanol–water partition coefficient (Wildman–Crippen LogP) is 2.10. The fraction of sp³-hybridized carbons (Fsp3) is 0.333. The predicted molar refractivity (Wildman–Crippen MR) is 77.2 cm³/mol. The molecule has 0 aliphatic rings. The number of aromatic nitrogens is 2. The van der Waals surface area contributed by atoms with E-state index in [-0.39, 0.29) is 32.1 Å². The molecule has 0 aliphatic carbocycles. The van der Waals surface area contributed by atoms with Crippen LogP contribution in [0.25, 0.3) is 11.3 Å². The molecule has 7 heteroatoms. The quantitative estimate of drug-likeness (QED) is 0.756. The van der Waals surface area contributed by atoms with E-state index in [4.69, 9.17) is 14.6 Å². The minimum atomic E-state index is -0.905.